The van der Waals surface area contributed by atoms with E-state index in [9.17, 15) is 9.59 Å². The Hall–Kier alpha value is -1.64. The van der Waals surface area contributed by atoms with Gasteiger partial charge in [-0.05, 0) is 23.5 Å². The summed E-state index contributed by atoms with van der Waals surface area (Å²) in [5.41, 5.74) is 2.50. The third-order valence-corrected chi connectivity index (χ3v) is 2.70. The summed E-state index contributed by atoms with van der Waals surface area (Å²) in [5.74, 6) is -1.43. The van der Waals surface area contributed by atoms with Gasteiger partial charge in [-0.1, -0.05) is 39.0 Å². The smallest absolute Gasteiger partial charge is 0.311 e. The molecule has 0 radical (unpaired) electrons. The van der Waals surface area contributed by atoms with Crippen molar-refractivity contribution < 1.29 is 14.7 Å². The van der Waals surface area contributed by atoms with Gasteiger partial charge < -0.3 is 5.11 Å². The maximum absolute atomic E-state index is 11.7. The highest BCUT2D eigenvalue weighted by atomic mass is 16.4. The lowest BCUT2D eigenvalue weighted by Crippen LogP contribution is -2.13. The largest absolute Gasteiger partial charge is 0.481 e. The van der Waals surface area contributed by atoms with Crippen LogP contribution in [0.4, 0.5) is 0 Å². The van der Waals surface area contributed by atoms with Gasteiger partial charge in [-0.25, -0.2) is 0 Å². The first-order valence-corrected chi connectivity index (χ1v) is 5.58. The molecular weight excluding hydrogens is 216 g/mol. The van der Waals surface area contributed by atoms with Crippen LogP contribution < -0.4 is 0 Å². The number of Topliss-reactive ketones (excluding diaryl/α,β-unsaturated/α-hetero) is 1. The van der Waals surface area contributed by atoms with Gasteiger partial charge in [0.25, 0.3) is 0 Å². The van der Waals surface area contributed by atoms with Crippen molar-refractivity contribution >= 4 is 11.8 Å². The number of ketones is 1. The Labute approximate surface area is 101 Å². The first-order valence-electron chi connectivity index (χ1n) is 5.58. The zero-order valence-corrected chi connectivity index (χ0v) is 10.7. The minimum atomic E-state index is -1.09. The van der Waals surface area contributed by atoms with Crippen LogP contribution in [-0.2, 0) is 10.2 Å². The summed E-state index contributed by atoms with van der Waals surface area (Å²) >= 11 is 0. The van der Waals surface area contributed by atoms with Gasteiger partial charge in [0.15, 0.2) is 5.78 Å². The summed E-state index contributed by atoms with van der Waals surface area (Å²) in [6.07, 6.45) is -0.449. The van der Waals surface area contributed by atoms with Gasteiger partial charge in [-0.3, -0.25) is 9.59 Å². The molecule has 0 spiro atoms. The summed E-state index contributed by atoms with van der Waals surface area (Å²) < 4.78 is 0. The normalized spacial score (nSPS) is 11.3. The first-order chi connectivity index (χ1) is 7.71. The predicted octanol–water partition coefficient (Wildman–Crippen LogP) is 2.95. The summed E-state index contributed by atoms with van der Waals surface area (Å²) in [5, 5.41) is 8.60. The molecular formula is C14H18O3. The van der Waals surface area contributed by atoms with E-state index in [1.54, 1.807) is 6.07 Å². The lowest BCUT2D eigenvalue weighted by Gasteiger charge is -2.20. The highest BCUT2D eigenvalue weighted by Crippen LogP contribution is 2.24. The van der Waals surface area contributed by atoms with Crippen LogP contribution in [0.5, 0.6) is 0 Å². The van der Waals surface area contributed by atoms with Crippen molar-refractivity contribution in [1.82, 2.24) is 0 Å². The lowest BCUT2D eigenvalue weighted by molar-refractivity contribution is -0.135. The monoisotopic (exact) mass is 234 g/mol. The van der Waals surface area contributed by atoms with Gasteiger partial charge in [-0.2, -0.15) is 0 Å². The molecule has 0 aliphatic heterocycles. The molecule has 17 heavy (non-hydrogen) atoms. The van der Waals surface area contributed by atoms with Crippen molar-refractivity contribution in [3.8, 4) is 0 Å². The molecule has 0 aliphatic carbocycles. The molecule has 1 aromatic carbocycles. The summed E-state index contributed by atoms with van der Waals surface area (Å²) in [4.78, 5) is 22.2. The quantitative estimate of drug-likeness (QED) is 0.646. The van der Waals surface area contributed by atoms with E-state index in [0.717, 1.165) is 11.1 Å². The topological polar surface area (TPSA) is 54.4 Å². The third-order valence-electron chi connectivity index (χ3n) is 2.70. The Morgan fingerprint density at radius 3 is 2.24 bits per heavy atom. The zero-order valence-electron chi connectivity index (χ0n) is 10.7. The highest BCUT2D eigenvalue weighted by molar-refractivity contribution is 6.06. The number of benzene rings is 1. The number of aliphatic carboxylic acids is 1. The fourth-order valence-electron chi connectivity index (χ4n) is 1.68. The van der Waals surface area contributed by atoms with Crippen LogP contribution in [0.25, 0.3) is 0 Å². The van der Waals surface area contributed by atoms with Gasteiger partial charge in [0.2, 0.25) is 0 Å². The Kier molecular flexibility index (Phi) is 3.71. The van der Waals surface area contributed by atoms with Crippen LogP contribution in [0.1, 0.15) is 48.7 Å². The molecule has 0 unspecified atom stereocenters. The minimum Gasteiger partial charge on any atom is -0.481 e. The molecule has 0 saturated carbocycles. The zero-order chi connectivity index (χ0) is 13.2. The number of rotatable bonds is 3. The Morgan fingerprint density at radius 1 is 1.24 bits per heavy atom. The molecule has 1 rings (SSSR count). The van der Waals surface area contributed by atoms with E-state index in [-0.39, 0.29) is 11.2 Å². The maximum Gasteiger partial charge on any atom is 0.311 e. The van der Waals surface area contributed by atoms with E-state index in [1.807, 2.05) is 19.1 Å². The molecule has 0 heterocycles. The second kappa shape index (κ2) is 4.70. The van der Waals surface area contributed by atoms with Crippen molar-refractivity contribution in [2.24, 2.45) is 0 Å². The molecule has 3 heteroatoms. The van der Waals surface area contributed by atoms with Gasteiger partial charge >= 0.3 is 5.97 Å². The van der Waals surface area contributed by atoms with Crippen LogP contribution in [0.15, 0.2) is 18.2 Å². The van der Waals surface area contributed by atoms with Crippen LogP contribution in [0, 0.1) is 6.92 Å². The van der Waals surface area contributed by atoms with E-state index in [4.69, 9.17) is 5.11 Å². The van der Waals surface area contributed by atoms with Gasteiger partial charge in [0.05, 0.1) is 0 Å². The molecule has 0 amide bonds. The molecule has 0 aromatic heterocycles. The number of hydrogen-bond donors (Lipinski definition) is 1. The molecule has 1 aromatic rings. The Bertz CT molecular complexity index is 453. The second-order valence-corrected chi connectivity index (χ2v) is 5.27. The summed E-state index contributed by atoms with van der Waals surface area (Å²) in [7, 11) is 0. The van der Waals surface area contributed by atoms with Gasteiger partial charge in [0.1, 0.15) is 6.42 Å². The average Bonchev–Trinajstić information content (AvgIpc) is 2.14. The molecule has 92 valence electrons. The number of carbonyl (C=O) groups is 2. The fraction of sp³-hybridized carbons (Fsp3) is 0.429. The molecule has 0 atom stereocenters. The standard InChI is InChI=1S/C14H18O3/c1-9-7-10(14(2,3)4)5-6-11(9)12(15)8-13(16)17/h5-7H,8H2,1-4H3,(H,16,17). The van der Waals surface area contributed by atoms with Crippen molar-refractivity contribution in [1.29, 1.82) is 0 Å². The Morgan fingerprint density at radius 2 is 1.82 bits per heavy atom. The molecule has 0 aliphatic rings. The fourth-order valence-corrected chi connectivity index (χ4v) is 1.68. The minimum absolute atomic E-state index is 0.0269. The maximum atomic E-state index is 11.7. The summed E-state index contributed by atoms with van der Waals surface area (Å²) in [6.45, 7) is 8.13. The number of carboxylic acids is 1. The lowest BCUT2D eigenvalue weighted by atomic mass is 9.85. The van der Waals surface area contributed by atoms with Crippen molar-refractivity contribution in [2.45, 2.75) is 39.5 Å². The van der Waals surface area contributed by atoms with Crippen LogP contribution in [-0.4, -0.2) is 16.9 Å². The van der Waals surface area contributed by atoms with Crippen molar-refractivity contribution in [2.75, 3.05) is 0 Å². The summed E-state index contributed by atoms with van der Waals surface area (Å²) in [6, 6.07) is 5.57. The third kappa shape index (κ3) is 3.41. The average molecular weight is 234 g/mol. The van der Waals surface area contributed by atoms with Crippen LogP contribution in [0.3, 0.4) is 0 Å². The van der Waals surface area contributed by atoms with E-state index in [0.29, 0.717) is 5.56 Å². The molecule has 0 fully saturated rings. The number of hydrogen-bond acceptors (Lipinski definition) is 2. The molecule has 1 N–H and O–H groups in total. The highest BCUT2D eigenvalue weighted by Gasteiger charge is 2.17. The predicted molar refractivity (Wildman–Crippen MR) is 66.5 cm³/mol. The van der Waals surface area contributed by atoms with Crippen molar-refractivity contribution in [3.05, 3.63) is 34.9 Å². The molecule has 0 saturated heterocycles. The van der Waals surface area contributed by atoms with E-state index in [2.05, 4.69) is 20.8 Å². The van der Waals surface area contributed by atoms with E-state index >= 15 is 0 Å². The van der Waals surface area contributed by atoms with E-state index in [1.165, 1.54) is 0 Å². The molecule has 3 nitrogen and oxygen atoms in total. The van der Waals surface area contributed by atoms with Gasteiger partial charge in [-0.15, -0.1) is 0 Å². The number of carboxylic acid groups (broad SMARTS) is 1. The SMILES string of the molecule is Cc1cc(C(C)(C)C)ccc1C(=O)CC(=O)O. The van der Waals surface area contributed by atoms with Gasteiger partial charge in [0, 0.05) is 5.56 Å². The molecule has 0 bridgehead atoms. The number of aryl methyl sites for hydroxylation is 1. The van der Waals surface area contributed by atoms with E-state index < -0.39 is 12.4 Å². The Balaban J connectivity index is 3.06. The van der Waals surface area contributed by atoms with Crippen LogP contribution >= 0.6 is 0 Å². The van der Waals surface area contributed by atoms with Crippen LogP contribution in [0.2, 0.25) is 0 Å². The second-order valence-electron chi connectivity index (χ2n) is 5.27. The number of carbonyl (C=O) groups excluding carboxylic acids is 1. The first kappa shape index (κ1) is 13.4. The van der Waals surface area contributed by atoms with Crippen molar-refractivity contribution in [3.63, 3.8) is 0 Å².